The second kappa shape index (κ2) is 3.34. The maximum atomic E-state index is 12.1. The minimum atomic E-state index is -0.0152. The van der Waals surface area contributed by atoms with Crippen LogP contribution in [0.1, 0.15) is 28.4 Å². The van der Waals surface area contributed by atoms with Crippen molar-refractivity contribution in [2.45, 2.75) is 18.4 Å². The van der Waals surface area contributed by atoms with Gasteiger partial charge in [0.2, 0.25) is 0 Å². The molecule has 4 rings (SSSR count). The summed E-state index contributed by atoms with van der Waals surface area (Å²) in [4.78, 5) is 16.6. The molecule has 0 spiro atoms. The van der Waals surface area contributed by atoms with E-state index >= 15 is 0 Å². The molecule has 4 nitrogen and oxygen atoms in total. The van der Waals surface area contributed by atoms with Gasteiger partial charge >= 0.3 is 0 Å². The zero-order valence-corrected chi connectivity index (χ0v) is 10.1. The predicted molar refractivity (Wildman–Crippen MR) is 65.5 cm³/mol. The van der Waals surface area contributed by atoms with Gasteiger partial charge < -0.3 is 10.1 Å². The Bertz CT molecular complexity index is 567. The minimum Gasteiger partial charge on any atom is -0.495 e. The largest absolute Gasteiger partial charge is 0.495 e. The molecule has 1 saturated carbocycles. The van der Waals surface area contributed by atoms with E-state index in [1.807, 2.05) is 0 Å². The van der Waals surface area contributed by atoms with Crippen LogP contribution in [0.4, 0.5) is 0 Å². The molecule has 1 fully saturated rings. The molecule has 92 valence electrons. The van der Waals surface area contributed by atoms with E-state index < -0.39 is 0 Å². The second-order valence-electron chi connectivity index (χ2n) is 5.28. The average molecular weight is 242 g/mol. The van der Waals surface area contributed by atoms with E-state index in [0.29, 0.717) is 29.1 Å². The fourth-order valence-electron chi connectivity index (χ4n) is 3.64. The molecule has 4 heteroatoms. The molecular weight excluding hydrogens is 228 g/mol. The van der Waals surface area contributed by atoms with Crippen molar-refractivity contribution in [3.05, 3.63) is 35.7 Å². The summed E-state index contributed by atoms with van der Waals surface area (Å²) in [6, 6.07) is 2.03. The Labute approximate surface area is 105 Å². The number of pyridine rings is 1. The molecule has 1 N–H and O–H groups in total. The fourth-order valence-corrected chi connectivity index (χ4v) is 3.64. The molecule has 1 aliphatic heterocycles. The third-order valence-electron chi connectivity index (χ3n) is 4.45. The van der Waals surface area contributed by atoms with E-state index in [2.05, 4.69) is 22.5 Å². The van der Waals surface area contributed by atoms with Gasteiger partial charge in [0.05, 0.1) is 24.6 Å². The molecule has 18 heavy (non-hydrogen) atoms. The highest BCUT2D eigenvalue weighted by molar-refractivity contribution is 5.97. The van der Waals surface area contributed by atoms with Gasteiger partial charge in [0.1, 0.15) is 5.75 Å². The molecule has 4 atom stereocenters. The summed E-state index contributed by atoms with van der Waals surface area (Å²) in [7, 11) is 1.59. The van der Waals surface area contributed by atoms with Crippen molar-refractivity contribution in [1.82, 2.24) is 10.3 Å². The van der Waals surface area contributed by atoms with Crippen LogP contribution in [0, 0.1) is 11.8 Å². The Kier molecular flexibility index (Phi) is 1.88. The summed E-state index contributed by atoms with van der Waals surface area (Å²) >= 11 is 0. The first-order valence-corrected chi connectivity index (χ1v) is 6.31. The number of aromatic nitrogens is 1. The third kappa shape index (κ3) is 1.15. The van der Waals surface area contributed by atoms with Crippen LogP contribution in [0.25, 0.3) is 0 Å². The summed E-state index contributed by atoms with van der Waals surface area (Å²) in [5.41, 5.74) is 1.62. The Morgan fingerprint density at radius 2 is 2.22 bits per heavy atom. The van der Waals surface area contributed by atoms with Crippen LogP contribution in [-0.4, -0.2) is 24.0 Å². The van der Waals surface area contributed by atoms with Crippen LogP contribution in [0.2, 0.25) is 0 Å². The van der Waals surface area contributed by atoms with Gasteiger partial charge in [-0.25, -0.2) is 0 Å². The predicted octanol–water partition coefficient (Wildman–Crippen LogP) is 1.49. The van der Waals surface area contributed by atoms with Crippen molar-refractivity contribution in [2.75, 3.05) is 7.11 Å². The van der Waals surface area contributed by atoms with E-state index in [4.69, 9.17) is 4.74 Å². The van der Waals surface area contributed by atoms with Gasteiger partial charge in [-0.1, -0.05) is 12.2 Å². The second-order valence-corrected chi connectivity index (χ2v) is 5.28. The highest BCUT2D eigenvalue weighted by atomic mass is 16.5. The lowest BCUT2D eigenvalue weighted by Crippen LogP contribution is -2.46. The van der Waals surface area contributed by atoms with Crippen molar-refractivity contribution in [3.63, 3.8) is 0 Å². The molecule has 1 amide bonds. The average Bonchev–Trinajstić information content (AvgIpc) is 2.99. The molecule has 2 bridgehead atoms. The zero-order chi connectivity index (χ0) is 12.3. The molecule has 0 radical (unpaired) electrons. The zero-order valence-electron chi connectivity index (χ0n) is 10.1. The van der Waals surface area contributed by atoms with Gasteiger partial charge in [0, 0.05) is 12.0 Å². The molecule has 3 aliphatic rings. The van der Waals surface area contributed by atoms with Crippen LogP contribution in [0.15, 0.2) is 24.4 Å². The number of fused-ring (bicyclic) bond motifs is 7. The number of methoxy groups -OCH3 is 1. The monoisotopic (exact) mass is 242 g/mol. The van der Waals surface area contributed by atoms with Crippen LogP contribution in [0.5, 0.6) is 5.75 Å². The SMILES string of the molecule is COc1cnc2c(c1)C(=O)NC1C3C=CC(C3)C21. The van der Waals surface area contributed by atoms with Crippen LogP contribution in [-0.2, 0) is 0 Å². The first kappa shape index (κ1) is 10.1. The van der Waals surface area contributed by atoms with Crippen LogP contribution < -0.4 is 10.1 Å². The Hall–Kier alpha value is -1.84. The number of allylic oxidation sites excluding steroid dienone is 1. The molecule has 1 aromatic rings. The number of carbonyl (C=O) groups is 1. The molecule has 1 aromatic heterocycles. The quantitative estimate of drug-likeness (QED) is 0.759. The minimum absolute atomic E-state index is 0.0152. The molecule has 0 aromatic carbocycles. The summed E-state index contributed by atoms with van der Waals surface area (Å²) in [6.07, 6.45) is 7.37. The van der Waals surface area contributed by atoms with Crippen molar-refractivity contribution in [3.8, 4) is 5.75 Å². The van der Waals surface area contributed by atoms with Crippen molar-refractivity contribution in [2.24, 2.45) is 11.8 Å². The highest BCUT2D eigenvalue weighted by Gasteiger charge is 2.50. The molecular formula is C14H14N2O2. The lowest BCUT2D eigenvalue weighted by atomic mass is 9.81. The summed E-state index contributed by atoms with van der Waals surface area (Å²) in [6.45, 7) is 0. The molecule has 0 saturated heterocycles. The standard InChI is InChI=1S/C14H14N2O2/c1-18-9-5-10-13(15-6-9)11-7-2-3-8(4-7)12(11)16-14(10)17/h2-3,5-8,11-12H,4H2,1H3,(H,16,17). The van der Waals surface area contributed by atoms with E-state index in [1.165, 1.54) is 0 Å². The van der Waals surface area contributed by atoms with E-state index in [0.717, 1.165) is 12.1 Å². The Morgan fingerprint density at radius 3 is 3.06 bits per heavy atom. The Morgan fingerprint density at radius 1 is 1.39 bits per heavy atom. The van der Waals surface area contributed by atoms with Crippen LogP contribution >= 0.6 is 0 Å². The summed E-state index contributed by atoms with van der Waals surface area (Å²) in [5.74, 6) is 1.99. The van der Waals surface area contributed by atoms with Gasteiger partial charge in [0.15, 0.2) is 0 Å². The van der Waals surface area contributed by atoms with Crippen molar-refractivity contribution in [1.29, 1.82) is 0 Å². The lowest BCUT2D eigenvalue weighted by molar-refractivity contribution is 0.0908. The smallest absolute Gasteiger partial charge is 0.253 e. The van der Waals surface area contributed by atoms with E-state index in [-0.39, 0.29) is 11.9 Å². The van der Waals surface area contributed by atoms with E-state index in [1.54, 1.807) is 19.4 Å². The van der Waals surface area contributed by atoms with Gasteiger partial charge in [-0.2, -0.15) is 0 Å². The van der Waals surface area contributed by atoms with Crippen molar-refractivity contribution < 1.29 is 9.53 Å². The first-order valence-electron chi connectivity index (χ1n) is 6.31. The number of hydrogen-bond acceptors (Lipinski definition) is 3. The maximum Gasteiger partial charge on any atom is 0.253 e. The van der Waals surface area contributed by atoms with Crippen LogP contribution in [0.3, 0.4) is 0 Å². The summed E-state index contributed by atoms with van der Waals surface area (Å²) in [5, 5.41) is 3.13. The summed E-state index contributed by atoms with van der Waals surface area (Å²) < 4.78 is 5.15. The Balaban J connectivity index is 1.86. The van der Waals surface area contributed by atoms with Gasteiger partial charge in [0.25, 0.3) is 5.91 Å². The number of rotatable bonds is 1. The van der Waals surface area contributed by atoms with Crippen molar-refractivity contribution >= 4 is 5.91 Å². The van der Waals surface area contributed by atoms with Gasteiger partial charge in [-0.05, 0) is 24.3 Å². The van der Waals surface area contributed by atoms with Gasteiger partial charge in [-0.15, -0.1) is 0 Å². The third-order valence-corrected chi connectivity index (χ3v) is 4.45. The number of ether oxygens (including phenoxy) is 1. The number of carbonyl (C=O) groups excluding carboxylic acids is 1. The first-order chi connectivity index (χ1) is 8.78. The van der Waals surface area contributed by atoms with E-state index in [9.17, 15) is 4.79 Å². The molecule has 2 aliphatic carbocycles. The maximum absolute atomic E-state index is 12.1. The normalized spacial score (nSPS) is 35.1. The number of hydrogen-bond donors (Lipinski definition) is 1. The number of nitrogens with one attached hydrogen (secondary N) is 1. The topological polar surface area (TPSA) is 51.2 Å². The number of amides is 1. The fraction of sp³-hybridized carbons (Fsp3) is 0.429. The molecule has 2 heterocycles. The molecule has 4 unspecified atom stereocenters. The lowest BCUT2D eigenvalue weighted by Gasteiger charge is -2.33. The highest BCUT2D eigenvalue weighted by Crippen LogP contribution is 2.50. The van der Waals surface area contributed by atoms with Gasteiger partial charge in [-0.3, -0.25) is 9.78 Å². The number of nitrogens with zero attached hydrogens (tertiary/aromatic N) is 1.